The SMILES string of the molecule is C=CCC1(CCc2cn(S(=O)(=O)c3ccc(C)cc3)c3ccccc23)CCN(C(=O)OC(C)(C)C)CC1.C=CCC1(N)CCN(C(=O)OC(C)(C)C)CC1.Cc1ccc(S(=O)(=O)n2cc(C=O)c3ccccc32)cc1.Cc1cncc(N2CCC3(CCCC(=O)N3Cc3c[nH]c4ccccc34)CC2)n1. The second-order valence-electron chi connectivity index (χ2n) is 30.3. The Balaban J connectivity index is 0.000000155. The van der Waals surface area contributed by atoms with Crippen molar-refractivity contribution in [2.24, 2.45) is 11.1 Å². The second kappa shape index (κ2) is 32.3. The molecule has 4 saturated heterocycles. The number of carbonyl (C=O) groups is 4. The number of rotatable bonds is 15. The van der Waals surface area contributed by atoms with Gasteiger partial charge in [-0.1, -0.05) is 102 Å². The molecule has 0 bridgehead atoms. The maximum Gasteiger partial charge on any atom is 0.410 e. The van der Waals surface area contributed by atoms with Crippen LogP contribution in [0.3, 0.4) is 0 Å². The first kappa shape index (κ1) is 77.2. The first-order valence-corrected chi connectivity index (χ1v) is 38.9. The zero-order valence-electron chi connectivity index (χ0n) is 61.8. The number of amides is 3. The van der Waals surface area contributed by atoms with Gasteiger partial charge in [-0.3, -0.25) is 14.6 Å². The Morgan fingerprint density at radius 2 is 1.12 bits per heavy atom. The molecule has 0 saturated carbocycles. The van der Waals surface area contributed by atoms with Gasteiger partial charge in [-0.15, -0.1) is 13.2 Å². The van der Waals surface area contributed by atoms with E-state index in [2.05, 4.69) is 62.3 Å². The number of hydrogen-bond acceptors (Lipinski definition) is 14. The standard InChI is InChI=1S/C30H38N2O4S.C23H27N5O.C16H13NO3S.C13H24N2O2/c1-6-16-30(18-20-31(21-19-30)28(33)36-29(3,4)5)17-15-24-22-32(27-10-8-7-9-26(24)27)37(34,35)25-13-11-23(2)12-14-25;1-17-13-24-15-21(26-17)27-11-9-23(10-12-27)8-4-7-22(29)28(23)16-18-14-25-20-6-3-2-5-19(18)20;1-12-6-8-14(9-7-12)21(19,20)17-10-13(11-18)15-4-2-3-5-16(15)17;1-5-6-13(14)7-9-15(10-8-13)11(16)17-12(2,3)4/h6-14,22H,1,15-21H2,2-5H3;2-3,5-6,13-15,25H,4,7-12,16H2,1H3;2-11H,1H3;5H,1,6-10,14H2,2-4H3. The molecule has 0 atom stereocenters. The van der Waals surface area contributed by atoms with Crippen LogP contribution in [0.5, 0.6) is 0 Å². The van der Waals surface area contributed by atoms with Crippen molar-refractivity contribution >= 4 is 83.0 Å². The number of fused-ring (bicyclic) bond motifs is 3. The van der Waals surface area contributed by atoms with Gasteiger partial charge in [-0.2, -0.15) is 0 Å². The Bertz CT molecular complexity index is 4750. The van der Waals surface area contributed by atoms with Crippen molar-refractivity contribution in [3.05, 3.63) is 211 Å². The number of carbonyl (C=O) groups excluding carboxylic acids is 4. The number of allylic oxidation sites excluding steroid dienone is 1. The van der Waals surface area contributed by atoms with Gasteiger partial charge in [0.1, 0.15) is 17.0 Å². The molecule has 0 aliphatic carbocycles. The lowest BCUT2D eigenvalue weighted by Gasteiger charge is -2.51. The summed E-state index contributed by atoms with van der Waals surface area (Å²) in [5.74, 6) is 1.25. The van der Waals surface area contributed by atoms with Crippen LogP contribution in [-0.2, 0) is 47.3 Å². The quantitative estimate of drug-likeness (QED) is 0.0716. The number of aryl methyl sites for hydroxylation is 4. The molecule has 4 aliphatic rings. The van der Waals surface area contributed by atoms with E-state index in [-0.39, 0.29) is 38.5 Å². The highest BCUT2D eigenvalue weighted by Crippen LogP contribution is 2.43. The first-order chi connectivity index (χ1) is 49.4. The lowest BCUT2D eigenvalue weighted by Crippen LogP contribution is -2.59. The van der Waals surface area contributed by atoms with E-state index in [0.29, 0.717) is 73.3 Å². The van der Waals surface area contributed by atoms with Crippen molar-refractivity contribution < 1.29 is 45.5 Å². The number of aldehydes is 1. The van der Waals surface area contributed by atoms with Crippen molar-refractivity contribution in [3.8, 4) is 0 Å². The van der Waals surface area contributed by atoms with Crippen LogP contribution >= 0.6 is 0 Å². The summed E-state index contributed by atoms with van der Waals surface area (Å²) in [4.78, 5) is 69.3. The van der Waals surface area contributed by atoms with Crippen molar-refractivity contribution in [1.82, 2.24) is 37.6 Å². The first-order valence-electron chi connectivity index (χ1n) is 36.0. The number of likely N-dealkylation sites (tertiary alicyclic amines) is 3. The molecule has 0 radical (unpaired) electrons. The van der Waals surface area contributed by atoms with Gasteiger partial charge < -0.3 is 39.8 Å². The minimum atomic E-state index is -3.72. The van der Waals surface area contributed by atoms with E-state index in [0.717, 1.165) is 133 Å². The summed E-state index contributed by atoms with van der Waals surface area (Å²) in [6.07, 6.45) is 24.2. The average molecular weight is 1450 g/mol. The number of benzene rings is 5. The zero-order valence-corrected chi connectivity index (χ0v) is 63.4. The third kappa shape index (κ3) is 18.4. The Kier molecular flexibility index (Phi) is 24.0. The number of nitrogens with two attached hydrogens (primary N) is 1. The molecule has 22 heteroatoms. The van der Waals surface area contributed by atoms with Crippen molar-refractivity contribution in [2.45, 2.75) is 184 Å². The Morgan fingerprint density at radius 1 is 0.615 bits per heavy atom. The lowest BCUT2D eigenvalue weighted by atomic mass is 9.72. The molecule has 4 fully saturated rings. The number of piperidine rings is 4. The van der Waals surface area contributed by atoms with Crippen LogP contribution in [0.4, 0.5) is 15.4 Å². The van der Waals surface area contributed by atoms with Gasteiger partial charge in [0.25, 0.3) is 20.0 Å². The maximum atomic E-state index is 13.5. The summed E-state index contributed by atoms with van der Waals surface area (Å²) in [6, 6.07) is 36.6. The summed E-state index contributed by atoms with van der Waals surface area (Å²) in [5.41, 5.74) is 12.9. The summed E-state index contributed by atoms with van der Waals surface area (Å²) in [5, 5.41) is 2.80. The van der Waals surface area contributed by atoms with E-state index in [9.17, 15) is 36.0 Å². The normalized spacial score (nSPS) is 16.7. The van der Waals surface area contributed by atoms with Crippen LogP contribution in [-0.4, -0.2) is 140 Å². The van der Waals surface area contributed by atoms with Gasteiger partial charge in [0.15, 0.2) is 6.29 Å². The van der Waals surface area contributed by atoms with E-state index >= 15 is 0 Å². The van der Waals surface area contributed by atoms with Gasteiger partial charge in [0.2, 0.25) is 5.91 Å². The highest BCUT2D eigenvalue weighted by Gasteiger charge is 2.45. The molecular formula is C82H102N10O10S2. The number of H-pyrrole nitrogens is 1. The molecule has 3 N–H and O–H groups in total. The van der Waals surface area contributed by atoms with Crippen LogP contribution < -0.4 is 10.6 Å². The number of nitrogens with zero attached hydrogens (tertiary/aromatic N) is 8. The number of aromatic nitrogens is 5. The van der Waals surface area contributed by atoms with Crippen LogP contribution in [0.2, 0.25) is 0 Å². The van der Waals surface area contributed by atoms with Crippen LogP contribution in [0.15, 0.2) is 187 Å². The summed E-state index contributed by atoms with van der Waals surface area (Å²) < 4.78 is 66.0. The summed E-state index contributed by atoms with van der Waals surface area (Å²) >= 11 is 0. The maximum absolute atomic E-state index is 13.5. The molecule has 0 unspecified atom stereocenters. The van der Waals surface area contributed by atoms with Crippen LogP contribution in [0, 0.1) is 26.2 Å². The third-order valence-electron chi connectivity index (χ3n) is 20.4. The molecule has 3 amide bonds. The predicted octanol–water partition coefficient (Wildman–Crippen LogP) is 15.8. The van der Waals surface area contributed by atoms with Gasteiger partial charge in [-0.25, -0.2) is 39.4 Å². The minimum Gasteiger partial charge on any atom is -0.444 e. The molecule has 5 aromatic carbocycles. The predicted molar refractivity (Wildman–Crippen MR) is 412 cm³/mol. The number of aromatic amines is 1. The third-order valence-corrected chi connectivity index (χ3v) is 23.7. The summed E-state index contributed by atoms with van der Waals surface area (Å²) in [6.45, 7) is 29.9. The van der Waals surface area contributed by atoms with Crippen molar-refractivity contribution in [3.63, 3.8) is 0 Å². The van der Waals surface area contributed by atoms with E-state index in [1.807, 2.05) is 123 Å². The molecule has 8 heterocycles. The number of hydrogen-bond donors (Lipinski definition) is 2. The number of para-hydroxylation sites is 3. The second-order valence-corrected chi connectivity index (χ2v) is 34.0. The zero-order chi connectivity index (χ0) is 74.8. The van der Waals surface area contributed by atoms with Crippen LogP contribution in [0.25, 0.3) is 32.7 Å². The minimum absolute atomic E-state index is 0.0132. The molecule has 13 rings (SSSR count). The van der Waals surface area contributed by atoms with Gasteiger partial charge >= 0.3 is 12.2 Å². The monoisotopic (exact) mass is 1450 g/mol. The van der Waals surface area contributed by atoms with E-state index in [1.165, 1.54) is 21.1 Å². The molecule has 20 nitrogen and oxygen atoms in total. The Morgan fingerprint density at radius 3 is 1.66 bits per heavy atom. The fraction of sp³-hybridized carbons (Fsp3) is 0.415. The van der Waals surface area contributed by atoms with E-state index in [4.69, 9.17) is 15.2 Å². The molecule has 4 aliphatic heterocycles. The molecule has 552 valence electrons. The Hall–Kier alpha value is -9.38. The van der Waals surface area contributed by atoms with Gasteiger partial charge in [-0.05, 0) is 198 Å². The van der Waals surface area contributed by atoms with Gasteiger partial charge in [0.05, 0.1) is 32.7 Å². The molecular weight excluding hydrogens is 1350 g/mol. The van der Waals surface area contributed by atoms with E-state index < -0.39 is 31.2 Å². The topological polar surface area (TPSA) is 245 Å². The molecule has 4 aromatic heterocycles. The lowest BCUT2D eigenvalue weighted by molar-refractivity contribution is -0.144. The van der Waals surface area contributed by atoms with Crippen molar-refractivity contribution in [2.75, 3.05) is 44.2 Å². The van der Waals surface area contributed by atoms with E-state index in [1.54, 1.807) is 82.9 Å². The van der Waals surface area contributed by atoms with Crippen molar-refractivity contribution in [1.29, 1.82) is 0 Å². The highest BCUT2D eigenvalue weighted by molar-refractivity contribution is 7.90. The number of ether oxygens (including phenoxy) is 2. The highest BCUT2D eigenvalue weighted by atomic mass is 32.2. The van der Waals surface area contributed by atoms with Crippen LogP contribution in [0.1, 0.15) is 157 Å². The summed E-state index contributed by atoms with van der Waals surface area (Å²) in [7, 11) is -7.43. The molecule has 104 heavy (non-hydrogen) atoms. The Labute approximate surface area is 613 Å². The number of anilines is 1. The smallest absolute Gasteiger partial charge is 0.410 e. The van der Waals surface area contributed by atoms with Gasteiger partial charge in [0, 0.05) is 115 Å². The largest absolute Gasteiger partial charge is 0.444 e. The fourth-order valence-electron chi connectivity index (χ4n) is 14.5. The average Bonchev–Trinajstić information content (AvgIpc) is 1.72. The number of nitrogens with one attached hydrogen (secondary N) is 1. The molecule has 9 aromatic rings. The molecule has 1 spiro atoms. The fourth-order valence-corrected chi connectivity index (χ4v) is 17.3.